The normalized spacial score (nSPS) is 11.1. The highest BCUT2D eigenvalue weighted by Crippen LogP contribution is 2.23. The maximum atomic E-state index is 13.7. The molecular weight excluding hydrogens is 350 g/mol. The Morgan fingerprint density at radius 1 is 1.04 bits per heavy atom. The van der Waals surface area contributed by atoms with E-state index in [0.717, 1.165) is 23.0 Å². The molecule has 0 amide bonds. The predicted octanol–water partition coefficient (Wildman–Crippen LogP) is 3.56. The summed E-state index contributed by atoms with van der Waals surface area (Å²) in [4.78, 5) is 8.75. The van der Waals surface area contributed by atoms with Gasteiger partial charge in [0.2, 0.25) is 0 Å². The van der Waals surface area contributed by atoms with E-state index in [1.54, 1.807) is 12.5 Å². The third-order valence-electron chi connectivity index (χ3n) is 4.31. The SMILES string of the molecule is Cc1n[nH]nc1-c1ccnc(-c2cn(CCc3ccc(F)cc3F)cn2)c1. The van der Waals surface area contributed by atoms with Gasteiger partial charge >= 0.3 is 0 Å². The first-order valence-corrected chi connectivity index (χ1v) is 8.40. The molecule has 8 heteroatoms. The molecule has 0 saturated heterocycles. The standard InChI is InChI=1S/C19H16F2N6/c1-12-19(25-26-24-12)14-4-6-22-17(8-14)18-10-27(11-23-18)7-5-13-2-3-15(20)9-16(13)21/h2-4,6,8-11H,5,7H2,1H3,(H,24,25,26). The van der Waals surface area contributed by atoms with Crippen molar-refractivity contribution in [3.05, 3.63) is 71.9 Å². The monoisotopic (exact) mass is 366 g/mol. The van der Waals surface area contributed by atoms with Crippen LogP contribution in [0.25, 0.3) is 22.6 Å². The third-order valence-corrected chi connectivity index (χ3v) is 4.31. The molecule has 0 fully saturated rings. The van der Waals surface area contributed by atoms with Gasteiger partial charge in [0, 0.05) is 30.6 Å². The molecule has 0 spiro atoms. The van der Waals surface area contributed by atoms with Crippen molar-refractivity contribution in [1.29, 1.82) is 0 Å². The molecule has 0 aliphatic carbocycles. The van der Waals surface area contributed by atoms with Gasteiger partial charge in [-0.2, -0.15) is 15.4 Å². The molecule has 0 radical (unpaired) electrons. The number of nitrogens with zero attached hydrogens (tertiary/aromatic N) is 5. The van der Waals surface area contributed by atoms with Gasteiger partial charge < -0.3 is 4.57 Å². The smallest absolute Gasteiger partial charge is 0.129 e. The molecule has 0 aliphatic heterocycles. The summed E-state index contributed by atoms with van der Waals surface area (Å²) in [6.07, 6.45) is 5.66. The van der Waals surface area contributed by atoms with E-state index in [4.69, 9.17) is 0 Å². The second kappa shape index (κ2) is 7.06. The maximum Gasteiger partial charge on any atom is 0.129 e. The number of rotatable bonds is 5. The van der Waals surface area contributed by atoms with Crippen molar-refractivity contribution in [1.82, 2.24) is 29.9 Å². The van der Waals surface area contributed by atoms with Crippen molar-refractivity contribution < 1.29 is 8.78 Å². The van der Waals surface area contributed by atoms with Gasteiger partial charge in [-0.3, -0.25) is 4.98 Å². The van der Waals surface area contributed by atoms with Gasteiger partial charge in [-0.15, -0.1) is 0 Å². The van der Waals surface area contributed by atoms with Gasteiger partial charge in [0.05, 0.1) is 17.7 Å². The highest BCUT2D eigenvalue weighted by atomic mass is 19.1. The van der Waals surface area contributed by atoms with E-state index in [9.17, 15) is 8.78 Å². The number of aromatic amines is 1. The molecule has 6 nitrogen and oxygen atoms in total. The van der Waals surface area contributed by atoms with Gasteiger partial charge in [0.15, 0.2) is 0 Å². The molecule has 3 aromatic heterocycles. The molecule has 4 rings (SSSR count). The molecule has 0 atom stereocenters. The molecule has 27 heavy (non-hydrogen) atoms. The molecule has 136 valence electrons. The largest absolute Gasteiger partial charge is 0.336 e. The van der Waals surface area contributed by atoms with Crippen LogP contribution in [0, 0.1) is 18.6 Å². The first-order valence-electron chi connectivity index (χ1n) is 8.40. The topological polar surface area (TPSA) is 72.3 Å². The van der Waals surface area contributed by atoms with Crippen LogP contribution in [0.15, 0.2) is 49.1 Å². The van der Waals surface area contributed by atoms with Gasteiger partial charge in [0.1, 0.15) is 23.0 Å². The number of imidazole rings is 1. The van der Waals surface area contributed by atoms with E-state index in [0.29, 0.717) is 29.9 Å². The molecule has 3 heterocycles. The lowest BCUT2D eigenvalue weighted by atomic mass is 10.1. The predicted molar refractivity (Wildman–Crippen MR) is 95.6 cm³/mol. The van der Waals surface area contributed by atoms with Crippen molar-refractivity contribution in [2.45, 2.75) is 19.9 Å². The van der Waals surface area contributed by atoms with Crippen LogP contribution in [0.5, 0.6) is 0 Å². The van der Waals surface area contributed by atoms with Crippen molar-refractivity contribution in [2.24, 2.45) is 0 Å². The van der Waals surface area contributed by atoms with Crippen molar-refractivity contribution in [2.75, 3.05) is 0 Å². The minimum absolute atomic E-state index is 0.438. The van der Waals surface area contributed by atoms with E-state index in [1.165, 1.54) is 12.1 Å². The van der Waals surface area contributed by atoms with Crippen LogP contribution in [0.4, 0.5) is 8.78 Å². The number of hydrogen-bond donors (Lipinski definition) is 1. The molecule has 0 bridgehead atoms. The minimum atomic E-state index is -0.575. The summed E-state index contributed by atoms with van der Waals surface area (Å²) in [5.41, 5.74) is 4.35. The van der Waals surface area contributed by atoms with E-state index < -0.39 is 11.6 Å². The molecule has 0 aliphatic rings. The Labute approximate surface area is 153 Å². The Morgan fingerprint density at radius 2 is 1.93 bits per heavy atom. The van der Waals surface area contributed by atoms with E-state index >= 15 is 0 Å². The quantitative estimate of drug-likeness (QED) is 0.586. The summed E-state index contributed by atoms with van der Waals surface area (Å²) in [6, 6.07) is 7.39. The first-order chi connectivity index (χ1) is 13.1. The van der Waals surface area contributed by atoms with Crippen LogP contribution in [-0.2, 0) is 13.0 Å². The average molecular weight is 366 g/mol. The Kier molecular flexibility index (Phi) is 4.45. The lowest BCUT2D eigenvalue weighted by Crippen LogP contribution is -2.01. The number of hydrogen-bond acceptors (Lipinski definition) is 4. The van der Waals surface area contributed by atoms with Gasteiger partial charge in [0.25, 0.3) is 0 Å². The molecule has 0 unspecified atom stereocenters. The average Bonchev–Trinajstić information content (AvgIpc) is 3.30. The van der Waals surface area contributed by atoms with E-state index in [-0.39, 0.29) is 0 Å². The van der Waals surface area contributed by atoms with Crippen LogP contribution in [-0.4, -0.2) is 29.9 Å². The minimum Gasteiger partial charge on any atom is -0.336 e. The van der Waals surface area contributed by atoms with Crippen LogP contribution in [0.3, 0.4) is 0 Å². The lowest BCUT2D eigenvalue weighted by Gasteiger charge is -2.04. The second-order valence-corrected chi connectivity index (χ2v) is 6.17. The van der Waals surface area contributed by atoms with Crippen molar-refractivity contribution in [3.8, 4) is 22.6 Å². The Balaban J connectivity index is 1.52. The maximum absolute atomic E-state index is 13.7. The van der Waals surface area contributed by atoms with Gasteiger partial charge in [-0.25, -0.2) is 13.8 Å². The number of nitrogens with one attached hydrogen (secondary N) is 1. The van der Waals surface area contributed by atoms with E-state index in [2.05, 4.69) is 25.4 Å². The Hall–Kier alpha value is -3.42. The molecule has 4 aromatic rings. The number of halogens is 2. The number of pyridine rings is 1. The molecule has 1 aromatic carbocycles. The molecule has 0 saturated carbocycles. The van der Waals surface area contributed by atoms with Crippen molar-refractivity contribution in [3.63, 3.8) is 0 Å². The van der Waals surface area contributed by atoms with Gasteiger partial charge in [-0.05, 0) is 37.1 Å². The van der Waals surface area contributed by atoms with Crippen molar-refractivity contribution >= 4 is 0 Å². The zero-order chi connectivity index (χ0) is 18.8. The number of H-pyrrole nitrogens is 1. The summed E-state index contributed by atoms with van der Waals surface area (Å²) in [7, 11) is 0. The van der Waals surface area contributed by atoms with Crippen LogP contribution in [0.1, 0.15) is 11.3 Å². The summed E-state index contributed by atoms with van der Waals surface area (Å²) in [5.74, 6) is -1.11. The number of aromatic nitrogens is 6. The van der Waals surface area contributed by atoms with Gasteiger partial charge in [-0.1, -0.05) is 6.07 Å². The fraction of sp³-hybridized carbons (Fsp3) is 0.158. The summed E-state index contributed by atoms with van der Waals surface area (Å²) in [6.45, 7) is 2.40. The zero-order valence-electron chi connectivity index (χ0n) is 14.5. The third kappa shape index (κ3) is 3.59. The highest BCUT2D eigenvalue weighted by Gasteiger charge is 2.10. The summed E-state index contributed by atoms with van der Waals surface area (Å²) < 4.78 is 28.6. The van der Waals surface area contributed by atoms with Crippen LogP contribution < -0.4 is 0 Å². The highest BCUT2D eigenvalue weighted by molar-refractivity contribution is 5.67. The molecule has 1 N–H and O–H groups in total. The second-order valence-electron chi connectivity index (χ2n) is 6.17. The fourth-order valence-electron chi connectivity index (χ4n) is 2.86. The summed E-state index contributed by atoms with van der Waals surface area (Å²) >= 11 is 0. The number of aryl methyl sites for hydroxylation is 3. The Morgan fingerprint density at radius 3 is 2.70 bits per heavy atom. The fourth-order valence-corrected chi connectivity index (χ4v) is 2.86. The lowest BCUT2D eigenvalue weighted by molar-refractivity contribution is 0.563. The Bertz CT molecular complexity index is 1090. The first kappa shape index (κ1) is 17.0. The van der Waals surface area contributed by atoms with Crippen LogP contribution in [0.2, 0.25) is 0 Å². The number of benzene rings is 1. The zero-order valence-corrected chi connectivity index (χ0v) is 14.5. The van der Waals surface area contributed by atoms with Crippen LogP contribution >= 0.6 is 0 Å². The van der Waals surface area contributed by atoms with E-state index in [1.807, 2.05) is 29.8 Å². The molecular formula is C19H16F2N6. The summed E-state index contributed by atoms with van der Waals surface area (Å²) in [5, 5.41) is 10.8.